The fourth-order valence-electron chi connectivity index (χ4n) is 2.55. The van der Waals surface area contributed by atoms with Crippen LogP contribution in [-0.4, -0.2) is 56.5 Å². The summed E-state index contributed by atoms with van der Waals surface area (Å²) in [4.78, 5) is 13.5. The predicted molar refractivity (Wildman–Crippen MR) is 91.0 cm³/mol. The number of piperazine rings is 1. The smallest absolute Gasteiger partial charge is 0.409 e. The number of hydrogen-bond donors (Lipinski definition) is 0. The first-order valence-electron chi connectivity index (χ1n) is 7.46. The second kappa shape index (κ2) is 7.19. The maximum atomic E-state index is 12.8. The van der Waals surface area contributed by atoms with Crippen LogP contribution in [0.15, 0.2) is 21.5 Å². The molecule has 6 nitrogen and oxygen atoms in total. The van der Waals surface area contributed by atoms with Crippen molar-refractivity contribution in [1.29, 1.82) is 0 Å². The summed E-state index contributed by atoms with van der Waals surface area (Å²) in [7, 11) is -3.57. The van der Waals surface area contributed by atoms with Crippen LogP contribution in [0.1, 0.15) is 18.1 Å². The topological polar surface area (TPSA) is 66.9 Å². The van der Waals surface area contributed by atoms with Crippen molar-refractivity contribution in [3.63, 3.8) is 0 Å². The van der Waals surface area contributed by atoms with E-state index in [1.807, 2.05) is 13.0 Å². The lowest BCUT2D eigenvalue weighted by Crippen LogP contribution is -2.50. The highest BCUT2D eigenvalue weighted by molar-refractivity contribution is 9.10. The van der Waals surface area contributed by atoms with E-state index in [0.29, 0.717) is 24.6 Å². The molecule has 128 valence electrons. The van der Waals surface area contributed by atoms with E-state index in [2.05, 4.69) is 15.9 Å². The molecule has 0 bridgehead atoms. The molecule has 0 N–H and O–H groups in total. The summed E-state index contributed by atoms with van der Waals surface area (Å²) in [5.74, 6) is 0. The number of carbonyl (C=O) groups is 1. The van der Waals surface area contributed by atoms with Gasteiger partial charge < -0.3 is 9.64 Å². The number of ether oxygens (including phenoxy) is 1. The van der Waals surface area contributed by atoms with E-state index in [9.17, 15) is 13.2 Å². The van der Waals surface area contributed by atoms with Gasteiger partial charge >= 0.3 is 6.09 Å². The number of halogens is 1. The molecule has 1 amide bonds. The van der Waals surface area contributed by atoms with E-state index >= 15 is 0 Å². The Morgan fingerprint density at radius 1 is 1.17 bits per heavy atom. The van der Waals surface area contributed by atoms with Gasteiger partial charge in [0.2, 0.25) is 10.0 Å². The highest BCUT2D eigenvalue weighted by Gasteiger charge is 2.31. The van der Waals surface area contributed by atoms with Crippen LogP contribution in [0.4, 0.5) is 4.79 Å². The summed E-state index contributed by atoms with van der Waals surface area (Å²) in [6.45, 7) is 6.99. The summed E-state index contributed by atoms with van der Waals surface area (Å²) >= 11 is 3.39. The van der Waals surface area contributed by atoms with Crippen LogP contribution in [0.3, 0.4) is 0 Å². The van der Waals surface area contributed by atoms with E-state index < -0.39 is 10.0 Å². The number of amides is 1. The van der Waals surface area contributed by atoms with Gasteiger partial charge in [0, 0.05) is 30.7 Å². The average molecular weight is 405 g/mol. The van der Waals surface area contributed by atoms with Gasteiger partial charge in [-0.05, 0) is 38.0 Å². The van der Waals surface area contributed by atoms with Crippen LogP contribution in [0.5, 0.6) is 0 Å². The van der Waals surface area contributed by atoms with Crippen molar-refractivity contribution in [2.45, 2.75) is 25.7 Å². The SMILES string of the molecule is CCOC(=O)N1CCN(S(=O)(=O)c2cc(Br)c(C)cc2C)CC1. The molecule has 0 aromatic heterocycles. The Morgan fingerprint density at radius 3 is 2.35 bits per heavy atom. The molecule has 2 rings (SSSR count). The third-order valence-electron chi connectivity index (χ3n) is 3.84. The number of rotatable bonds is 3. The molecule has 1 aliphatic rings. The molecule has 0 unspecified atom stereocenters. The summed E-state index contributed by atoms with van der Waals surface area (Å²) < 4.78 is 32.8. The minimum atomic E-state index is -3.57. The van der Waals surface area contributed by atoms with Crippen molar-refractivity contribution < 1.29 is 17.9 Å². The van der Waals surface area contributed by atoms with Crippen molar-refractivity contribution in [3.05, 3.63) is 27.7 Å². The van der Waals surface area contributed by atoms with Gasteiger partial charge in [0.25, 0.3) is 0 Å². The minimum absolute atomic E-state index is 0.270. The molecule has 8 heteroatoms. The van der Waals surface area contributed by atoms with Crippen LogP contribution in [0.2, 0.25) is 0 Å². The van der Waals surface area contributed by atoms with E-state index in [0.717, 1.165) is 15.6 Å². The van der Waals surface area contributed by atoms with E-state index in [4.69, 9.17) is 4.74 Å². The van der Waals surface area contributed by atoms with Crippen molar-refractivity contribution in [1.82, 2.24) is 9.21 Å². The van der Waals surface area contributed by atoms with Crippen molar-refractivity contribution in [2.75, 3.05) is 32.8 Å². The average Bonchev–Trinajstić information content (AvgIpc) is 2.51. The van der Waals surface area contributed by atoms with Gasteiger partial charge in [-0.3, -0.25) is 0 Å². The highest BCUT2D eigenvalue weighted by atomic mass is 79.9. The zero-order valence-corrected chi connectivity index (χ0v) is 15.9. The summed E-state index contributed by atoms with van der Waals surface area (Å²) in [6.07, 6.45) is -0.390. The molecule has 1 heterocycles. The molecule has 0 saturated carbocycles. The molecular weight excluding hydrogens is 384 g/mol. The Balaban J connectivity index is 2.17. The maximum absolute atomic E-state index is 12.8. The lowest BCUT2D eigenvalue weighted by molar-refractivity contribution is 0.0934. The van der Waals surface area contributed by atoms with E-state index in [1.165, 1.54) is 9.21 Å². The zero-order valence-electron chi connectivity index (χ0n) is 13.5. The van der Waals surface area contributed by atoms with E-state index in [-0.39, 0.29) is 19.2 Å². The molecule has 0 radical (unpaired) electrons. The standard InChI is InChI=1S/C15H21BrN2O4S/c1-4-22-15(19)17-5-7-18(8-6-17)23(20,21)14-10-13(16)11(2)9-12(14)3/h9-10H,4-8H2,1-3H3. The predicted octanol–water partition coefficient (Wildman–Crippen LogP) is 2.53. The number of carbonyl (C=O) groups excluding carboxylic acids is 1. The zero-order chi connectivity index (χ0) is 17.2. The number of benzene rings is 1. The number of aryl methyl sites for hydroxylation is 2. The van der Waals surface area contributed by atoms with Gasteiger partial charge in [0.05, 0.1) is 11.5 Å². The van der Waals surface area contributed by atoms with Gasteiger partial charge in [-0.15, -0.1) is 0 Å². The van der Waals surface area contributed by atoms with Crippen LogP contribution >= 0.6 is 15.9 Å². The molecule has 1 aromatic carbocycles. The third kappa shape index (κ3) is 3.87. The van der Waals surface area contributed by atoms with Crippen LogP contribution in [-0.2, 0) is 14.8 Å². The van der Waals surface area contributed by atoms with Gasteiger partial charge in [-0.1, -0.05) is 22.0 Å². The first-order chi connectivity index (χ1) is 10.8. The van der Waals surface area contributed by atoms with Crippen molar-refractivity contribution in [3.8, 4) is 0 Å². The Bertz CT molecular complexity index is 698. The first kappa shape index (κ1) is 18.2. The fraction of sp³-hybridized carbons (Fsp3) is 0.533. The monoisotopic (exact) mass is 404 g/mol. The quantitative estimate of drug-likeness (QED) is 0.775. The van der Waals surface area contributed by atoms with Gasteiger partial charge in [-0.25, -0.2) is 13.2 Å². The molecule has 23 heavy (non-hydrogen) atoms. The second-order valence-corrected chi connectivity index (χ2v) is 8.22. The Morgan fingerprint density at radius 2 is 1.78 bits per heavy atom. The van der Waals surface area contributed by atoms with Crippen LogP contribution in [0, 0.1) is 13.8 Å². The molecule has 1 aliphatic heterocycles. The normalized spacial score (nSPS) is 16.4. The van der Waals surface area contributed by atoms with Gasteiger partial charge in [0.15, 0.2) is 0 Å². The fourth-order valence-corrected chi connectivity index (χ4v) is 4.70. The Hall–Kier alpha value is -1.12. The first-order valence-corrected chi connectivity index (χ1v) is 9.69. The molecular formula is C15H21BrN2O4S. The number of sulfonamides is 1. The maximum Gasteiger partial charge on any atom is 0.409 e. The minimum Gasteiger partial charge on any atom is -0.450 e. The molecule has 1 aromatic rings. The van der Waals surface area contributed by atoms with Crippen molar-refractivity contribution in [2.24, 2.45) is 0 Å². The second-order valence-electron chi connectivity index (χ2n) is 5.46. The summed E-state index contributed by atoms with van der Waals surface area (Å²) in [6, 6.07) is 3.50. The molecule has 0 spiro atoms. The molecule has 1 fully saturated rings. The van der Waals surface area contributed by atoms with Gasteiger partial charge in [0.1, 0.15) is 0 Å². The van der Waals surface area contributed by atoms with Crippen molar-refractivity contribution >= 4 is 32.0 Å². The number of nitrogens with zero attached hydrogens (tertiary/aromatic N) is 2. The van der Waals surface area contributed by atoms with Crippen LogP contribution in [0.25, 0.3) is 0 Å². The van der Waals surface area contributed by atoms with Gasteiger partial charge in [-0.2, -0.15) is 4.31 Å². The largest absolute Gasteiger partial charge is 0.450 e. The molecule has 0 aliphatic carbocycles. The third-order valence-corrected chi connectivity index (χ3v) is 6.73. The summed E-state index contributed by atoms with van der Waals surface area (Å²) in [5, 5.41) is 0. The van der Waals surface area contributed by atoms with Crippen LogP contribution < -0.4 is 0 Å². The van der Waals surface area contributed by atoms with E-state index in [1.54, 1.807) is 19.9 Å². The highest BCUT2D eigenvalue weighted by Crippen LogP contribution is 2.27. The molecule has 0 atom stereocenters. The number of hydrogen-bond acceptors (Lipinski definition) is 4. The Labute approximate surface area is 145 Å². The lowest BCUT2D eigenvalue weighted by Gasteiger charge is -2.33. The Kier molecular flexibility index (Phi) is 5.70. The molecule has 1 saturated heterocycles. The summed E-state index contributed by atoms with van der Waals surface area (Å²) in [5.41, 5.74) is 1.71. The lowest BCUT2D eigenvalue weighted by atomic mass is 10.2.